The maximum atomic E-state index is 12.1. The lowest BCUT2D eigenvalue weighted by molar-refractivity contribution is -0.0684. The predicted molar refractivity (Wildman–Crippen MR) is 89.4 cm³/mol. The number of hydrogen-bond donors (Lipinski definition) is 1. The molecule has 7 heteroatoms. The van der Waals surface area contributed by atoms with Gasteiger partial charge in [-0.15, -0.1) is 0 Å². The number of ether oxygens (including phenoxy) is 1. The van der Waals surface area contributed by atoms with Crippen molar-refractivity contribution >= 4 is 6.03 Å². The molecule has 2 atom stereocenters. The maximum Gasteiger partial charge on any atom is 0.317 e. The summed E-state index contributed by atoms with van der Waals surface area (Å²) in [7, 11) is 1.83. The highest BCUT2D eigenvalue weighted by atomic mass is 16.5. The Morgan fingerprint density at radius 3 is 2.70 bits per heavy atom. The Kier molecular flexibility index (Phi) is 6.41. The molecular formula is C16H29N5O2. The number of nitrogens with zero attached hydrogens (tertiary/aromatic N) is 4. The van der Waals surface area contributed by atoms with E-state index in [4.69, 9.17) is 4.74 Å². The zero-order valence-electron chi connectivity index (χ0n) is 14.7. The van der Waals surface area contributed by atoms with E-state index in [1.807, 2.05) is 31.0 Å². The lowest BCUT2D eigenvalue weighted by atomic mass is 10.2. The molecule has 0 unspecified atom stereocenters. The summed E-state index contributed by atoms with van der Waals surface area (Å²) in [5.41, 5.74) is 1.13. The van der Waals surface area contributed by atoms with Crippen LogP contribution in [0, 0.1) is 6.92 Å². The lowest BCUT2D eigenvalue weighted by Gasteiger charge is -2.36. The number of carbonyl (C=O) groups is 1. The minimum Gasteiger partial charge on any atom is -0.373 e. The van der Waals surface area contributed by atoms with Gasteiger partial charge in [-0.3, -0.25) is 9.58 Å². The molecule has 130 valence electrons. The molecule has 0 saturated carbocycles. The summed E-state index contributed by atoms with van der Waals surface area (Å²) in [4.78, 5) is 16.2. The molecule has 1 aliphatic heterocycles. The largest absolute Gasteiger partial charge is 0.373 e. The number of aromatic nitrogens is 2. The Balaban J connectivity index is 1.64. The van der Waals surface area contributed by atoms with Gasteiger partial charge in [-0.1, -0.05) is 0 Å². The van der Waals surface area contributed by atoms with Gasteiger partial charge >= 0.3 is 6.03 Å². The summed E-state index contributed by atoms with van der Waals surface area (Å²) in [5, 5.41) is 7.13. The van der Waals surface area contributed by atoms with Gasteiger partial charge in [-0.25, -0.2) is 4.79 Å². The third-order valence-electron chi connectivity index (χ3n) is 3.97. The second kappa shape index (κ2) is 8.31. The second-order valence-corrected chi connectivity index (χ2v) is 6.45. The van der Waals surface area contributed by atoms with Crippen molar-refractivity contribution in [2.45, 2.75) is 39.5 Å². The van der Waals surface area contributed by atoms with Crippen LogP contribution in [0.5, 0.6) is 0 Å². The molecule has 0 spiro atoms. The van der Waals surface area contributed by atoms with Gasteiger partial charge in [0, 0.05) is 46.0 Å². The van der Waals surface area contributed by atoms with E-state index in [1.54, 1.807) is 4.90 Å². The van der Waals surface area contributed by atoms with Crippen LogP contribution in [0.3, 0.4) is 0 Å². The van der Waals surface area contributed by atoms with Crippen molar-refractivity contribution in [2.75, 3.05) is 39.8 Å². The Bertz CT molecular complexity index is 494. The van der Waals surface area contributed by atoms with Gasteiger partial charge in [0.25, 0.3) is 0 Å². The average Bonchev–Trinajstić information content (AvgIpc) is 2.89. The number of carbonyl (C=O) groups excluding carboxylic acids is 1. The van der Waals surface area contributed by atoms with E-state index in [-0.39, 0.29) is 18.2 Å². The van der Waals surface area contributed by atoms with E-state index in [1.165, 1.54) is 0 Å². The summed E-state index contributed by atoms with van der Waals surface area (Å²) in [6.45, 7) is 10.9. The number of morpholine rings is 1. The van der Waals surface area contributed by atoms with Crippen molar-refractivity contribution in [3.8, 4) is 0 Å². The van der Waals surface area contributed by atoms with Gasteiger partial charge in [0.05, 0.1) is 24.9 Å². The van der Waals surface area contributed by atoms with Crippen LogP contribution in [-0.4, -0.2) is 77.6 Å². The zero-order chi connectivity index (χ0) is 16.8. The van der Waals surface area contributed by atoms with Gasteiger partial charge in [-0.2, -0.15) is 5.10 Å². The van der Waals surface area contributed by atoms with E-state index in [0.717, 1.165) is 25.2 Å². The first-order valence-electron chi connectivity index (χ1n) is 8.30. The number of amides is 2. The normalized spacial score (nSPS) is 22.1. The molecule has 0 aromatic carbocycles. The zero-order valence-corrected chi connectivity index (χ0v) is 14.7. The van der Waals surface area contributed by atoms with Gasteiger partial charge < -0.3 is 15.0 Å². The highest BCUT2D eigenvalue weighted by molar-refractivity contribution is 5.73. The monoisotopic (exact) mass is 323 g/mol. The maximum absolute atomic E-state index is 12.1. The number of likely N-dealkylation sites (N-methyl/N-ethyl adjacent to an activating group) is 1. The second-order valence-electron chi connectivity index (χ2n) is 6.45. The van der Waals surface area contributed by atoms with Crippen LogP contribution < -0.4 is 5.32 Å². The number of nitrogens with one attached hydrogen (secondary N) is 1. The minimum atomic E-state index is -0.0387. The van der Waals surface area contributed by atoms with Gasteiger partial charge in [-0.05, 0) is 26.3 Å². The first-order chi connectivity index (χ1) is 10.9. The van der Waals surface area contributed by atoms with Crippen LogP contribution in [0.15, 0.2) is 12.4 Å². The third kappa shape index (κ3) is 5.84. The Hall–Kier alpha value is -1.60. The molecule has 0 bridgehead atoms. The minimum absolute atomic E-state index is 0.0387. The summed E-state index contributed by atoms with van der Waals surface area (Å²) in [6, 6.07) is -0.0387. The van der Waals surface area contributed by atoms with Crippen LogP contribution in [-0.2, 0) is 11.3 Å². The fraction of sp³-hybridized carbons (Fsp3) is 0.750. The standard InChI is InChI=1S/C16H29N5O2/c1-13-9-18-21(10-13)6-5-17-16(22)19(4)7-8-20-11-14(2)23-15(3)12-20/h9-10,14-15H,5-8,11-12H2,1-4H3,(H,17,22)/t14-,15+. The molecule has 1 aromatic rings. The SMILES string of the molecule is Cc1cnn(CCNC(=O)N(C)CCN2C[C@@H](C)O[C@@H](C)C2)c1. The number of urea groups is 1. The molecule has 1 saturated heterocycles. The summed E-state index contributed by atoms with van der Waals surface area (Å²) >= 11 is 0. The van der Waals surface area contributed by atoms with E-state index in [2.05, 4.69) is 29.2 Å². The predicted octanol–water partition coefficient (Wildman–Crippen LogP) is 0.942. The van der Waals surface area contributed by atoms with Gasteiger partial charge in [0.15, 0.2) is 0 Å². The summed E-state index contributed by atoms with van der Waals surface area (Å²) < 4.78 is 7.56. The Morgan fingerprint density at radius 1 is 1.39 bits per heavy atom. The van der Waals surface area contributed by atoms with Gasteiger partial charge in [0.1, 0.15) is 0 Å². The van der Waals surface area contributed by atoms with Crippen LogP contribution >= 0.6 is 0 Å². The summed E-state index contributed by atoms with van der Waals surface area (Å²) in [5.74, 6) is 0. The molecule has 23 heavy (non-hydrogen) atoms. The highest BCUT2D eigenvalue weighted by Crippen LogP contribution is 2.10. The third-order valence-corrected chi connectivity index (χ3v) is 3.97. The summed E-state index contributed by atoms with van der Waals surface area (Å²) in [6.07, 6.45) is 4.31. The lowest BCUT2D eigenvalue weighted by Crippen LogP contribution is -2.49. The van der Waals surface area contributed by atoms with E-state index < -0.39 is 0 Å². The fourth-order valence-corrected chi connectivity index (χ4v) is 2.86. The smallest absolute Gasteiger partial charge is 0.317 e. The molecule has 2 heterocycles. The highest BCUT2D eigenvalue weighted by Gasteiger charge is 2.22. The first-order valence-corrected chi connectivity index (χ1v) is 8.30. The molecule has 2 rings (SSSR count). The topological polar surface area (TPSA) is 62.6 Å². The Labute approximate surface area is 138 Å². The quantitative estimate of drug-likeness (QED) is 0.846. The van der Waals surface area contributed by atoms with Crippen molar-refractivity contribution in [3.63, 3.8) is 0 Å². The van der Waals surface area contributed by atoms with E-state index in [9.17, 15) is 4.79 Å². The van der Waals surface area contributed by atoms with Gasteiger partial charge in [0.2, 0.25) is 0 Å². The van der Waals surface area contributed by atoms with Crippen molar-refractivity contribution in [3.05, 3.63) is 18.0 Å². The molecule has 1 aliphatic rings. The van der Waals surface area contributed by atoms with Crippen LogP contribution in [0.25, 0.3) is 0 Å². The van der Waals surface area contributed by atoms with Crippen LogP contribution in [0.2, 0.25) is 0 Å². The van der Waals surface area contributed by atoms with Crippen molar-refractivity contribution < 1.29 is 9.53 Å². The number of rotatable bonds is 6. The molecule has 0 radical (unpaired) electrons. The van der Waals surface area contributed by atoms with Crippen molar-refractivity contribution in [2.24, 2.45) is 0 Å². The molecule has 1 N–H and O–H groups in total. The molecule has 2 amide bonds. The van der Waals surface area contributed by atoms with E-state index in [0.29, 0.717) is 19.6 Å². The molecule has 0 aliphatic carbocycles. The van der Waals surface area contributed by atoms with Crippen molar-refractivity contribution in [1.82, 2.24) is 24.9 Å². The van der Waals surface area contributed by atoms with Crippen LogP contribution in [0.4, 0.5) is 4.79 Å². The number of hydrogen-bond acceptors (Lipinski definition) is 4. The van der Waals surface area contributed by atoms with E-state index >= 15 is 0 Å². The number of aryl methyl sites for hydroxylation is 1. The molecule has 7 nitrogen and oxygen atoms in total. The Morgan fingerprint density at radius 2 is 2.09 bits per heavy atom. The first kappa shape index (κ1) is 17.7. The molecule has 1 fully saturated rings. The molecule has 1 aromatic heterocycles. The van der Waals surface area contributed by atoms with Crippen LogP contribution in [0.1, 0.15) is 19.4 Å². The van der Waals surface area contributed by atoms with Crippen molar-refractivity contribution in [1.29, 1.82) is 0 Å². The average molecular weight is 323 g/mol. The fourth-order valence-electron chi connectivity index (χ4n) is 2.86. The molecular weight excluding hydrogens is 294 g/mol.